The summed E-state index contributed by atoms with van der Waals surface area (Å²) in [4.78, 5) is 11.4. The molecule has 1 amide bonds. The molecule has 0 aliphatic carbocycles. The lowest BCUT2D eigenvalue weighted by atomic mass is 10.1. The van der Waals surface area contributed by atoms with Gasteiger partial charge in [-0.2, -0.15) is 5.26 Å². The number of nitrogens with two attached hydrogens (primary N) is 1. The van der Waals surface area contributed by atoms with Gasteiger partial charge in [0.1, 0.15) is 17.4 Å². The molecule has 0 radical (unpaired) electrons. The van der Waals surface area contributed by atoms with Gasteiger partial charge in [-0.3, -0.25) is 4.79 Å². The fourth-order valence-electron chi connectivity index (χ4n) is 2.29. The largest absolute Gasteiger partial charge is 0.397 e. The van der Waals surface area contributed by atoms with Crippen LogP contribution in [-0.2, 0) is 11.2 Å². The molecule has 0 saturated heterocycles. The summed E-state index contributed by atoms with van der Waals surface area (Å²) in [6, 6.07) is 9.50. The van der Waals surface area contributed by atoms with Crippen LogP contribution in [0.4, 0.5) is 27.1 Å². The van der Waals surface area contributed by atoms with E-state index in [2.05, 4.69) is 10.6 Å². The average Bonchev–Trinajstić information content (AvgIpc) is 2.78. The molecule has 104 valence electrons. The standard InChI is InChI=1S/C15H11FN4O/c16-10-2-1-3-12(9(10)7-17)19-14-6-13-8(4-11(14)18)5-15(21)20-13/h1-4,6,19H,5,18H2,(H,20,21). The smallest absolute Gasteiger partial charge is 0.228 e. The summed E-state index contributed by atoms with van der Waals surface area (Å²) >= 11 is 0. The summed E-state index contributed by atoms with van der Waals surface area (Å²) in [6.07, 6.45) is 0.295. The van der Waals surface area contributed by atoms with E-state index in [9.17, 15) is 9.18 Å². The predicted octanol–water partition coefficient (Wildman–Crippen LogP) is 2.52. The number of nitriles is 1. The number of amides is 1. The Bertz CT molecular complexity index is 795. The summed E-state index contributed by atoms with van der Waals surface area (Å²) < 4.78 is 13.6. The number of nitrogen functional groups attached to an aromatic ring is 1. The van der Waals surface area contributed by atoms with E-state index >= 15 is 0 Å². The van der Waals surface area contributed by atoms with Gasteiger partial charge in [0.15, 0.2) is 0 Å². The van der Waals surface area contributed by atoms with Gasteiger partial charge in [-0.05, 0) is 29.8 Å². The topological polar surface area (TPSA) is 90.9 Å². The molecular formula is C15H11FN4O. The van der Waals surface area contributed by atoms with Crippen LogP contribution in [0.25, 0.3) is 0 Å². The Morgan fingerprint density at radius 1 is 1.33 bits per heavy atom. The lowest BCUT2D eigenvalue weighted by molar-refractivity contribution is -0.115. The maximum Gasteiger partial charge on any atom is 0.228 e. The molecule has 6 heteroatoms. The van der Waals surface area contributed by atoms with Crippen LogP contribution in [0.2, 0.25) is 0 Å². The van der Waals surface area contributed by atoms with Crippen LogP contribution in [0.15, 0.2) is 30.3 Å². The van der Waals surface area contributed by atoms with Crippen molar-refractivity contribution >= 4 is 28.7 Å². The van der Waals surface area contributed by atoms with E-state index in [-0.39, 0.29) is 11.5 Å². The second-order valence-corrected chi connectivity index (χ2v) is 4.72. The minimum Gasteiger partial charge on any atom is -0.397 e. The van der Waals surface area contributed by atoms with Gasteiger partial charge >= 0.3 is 0 Å². The molecule has 1 heterocycles. The molecule has 3 rings (SSSR count). The van der Waals surface area contributed by atoms with Crippen LogP contribution in [0.3, 0.4) is 0 Å². The summed E-state index contributed by atoms with van der Waals surface area (Å²) in [7, 11) is 0. The molecule has 0 bridgehead atoms. The first-order chi connectivity index (χ1) is 10.1. The molecule has 4 N–H and O–H groups in total. The minimum atomic E-state index is -0.601. The van der Waals surface area contributed by atoms with Gasteiger partial charge in [-0.25, -0.2) is 4.39 Å². The van der Waals surface area contributed by atoms with E-state index in [1.165, 1.54) is 12.1 Å². The van der Waals surface area contributed by atoms with Gasteiger partial charge < -0.3 is 16.4 Å². The number of fused-ring (bicyclic) bond motifs is 1. The SMILES string of the molecule is N#Cc1c(F)cccc1Nc1cc2c(cc1N)CC(=O)N2. The van der Waals surface area contributed by atoms with E-state index < -0.39 is 5.82 Å². The number of nitrogens with zero attached hydrogens (tertiary/aromatic N) is 1. The molecule has 1 aliphatic heterocycles. The molecule has 0 spiro atoms. The van der Waals surface area contributed by atoms with Gasteiger partial charge in [0, 0.05) is 5.69 Å². The summed E-state index contributed by atoms with van der Waals surface area (Å²) in [5, 5.41) is 14.7. The molecule has 2 aromatic carbocycles. The summed E-state index contributed by atoms with van der Waals surface area (Å²) in [5.41, 5.74) is 8.62. The second-order valence-electron chi connectivity index (χ2n) is 4.72. The summed E-state index contributed by atoms with van der Waals surface area (Å²) in [5.74, 6) is -0.694. The van der Waals surface area contributed by atoms with Gasteiger partial charge in [0.25, 0.3) is 0 Å². The lowest BCUT2D eigenvalue weighted by Crippen LogP contribution is -2.03. The summed E-state index contributed by atoms with van der Waals surface area (Å²) in [6.45, 7) is 0. The first-order valence-corrected chi connectivity index (χ1v) is 6.26. The molecule has 2 aromatic rings. The Balaban J connectivity index is 2.01. The number of carbonyl (C=O) groups excluding carboxylic acids is 1. The number of carbonyl (C=O) groups is 1. The zero-order chi connectivity index (χ0) is 15.0. The number of anilines is 4. The number of nitrogens with one attached hydrogen (secondary N) is 2. The van der Waals surface area contributed by atoms with Crippen molar-refractivity contribution in [1.29, 1.82) is 5.26 Å². The monoisotopic (exact) mass is 282 g/mol. The van der Waals surface area contributed by atoms with E-state index in [0.29, 0.717) is 29.2 Å². The highest BCUT2D eigenvalue weighted by molar-refractivity contribution is 6.01. The zero-order valence-electron chi connectivity index (χ0n) is 10.9. The van der Waals surface area contributed by atoms with Gasteiger partial charge in [-0.15, -0.1) is 0 Å². The maximum atomic E-state index is 13.6. The number of hydrogen-bond acceptors (Lipinski definition) is 4. The van der Waals surface area contributed by atoms with E-state index in [0.717, 1.165) is 5.56 Å². The predicted molar refractivity (Wildman–Crippen MR) is 77.6 cm³/mol. The molecule has 1 aliphatic rings. The van der Waals surface area contributed by atoms with Crippen LogP contribution in [-0.4, -0.2) is 5.91 Å². The van der Waals surface area contributed by atoms with Crippen LogP contribution < -0.4 is 16.4 Å². The van der Waals surface area contributed by atoms with Crippen molar-refractivity contribution in [3.63, 3.8) is 0 Å². The highest BCUT2D eigenvalue weighted by Crippen LogP contribution is 2.34. The number of rotatable bonds is 2. The zero-order valence-corrected chi connectivity index (χ0v) is 10.9. The third-order valence-corrected chi connectivity index (χ3v) is 3.30. The quantitative estimate of drug-likeness (QED) is 0.738. The van der Waals surface area contributed by atoms with Crippen molar-refractivity contribution in [3.8, 4) is 6.07 Å². The molecule has 21 heavy (non-hydrogen) atoms. The first-order valence-electron chi connectivity index (χ1n) is 6.26. The normalized spacial score (nSPS) is 12.5. The van der Waals surface area contributed by atoms with Crippen molar-refractivity contribution in [2.75, 3.05) is 16.4 Å². The number of hydrogen-bond donors (Lipinski definition) is 3. The third kappa shape index (κ3) is 2.25. The van der Waals surface area contributed by atoms with Crippen LogP contribution in [0.1, 0.15) is 11.1 Å². The Labute approximate surface area is 120 Å². The van der Waals surface area contributed by atoms with Crippen molar-refractivity contribution in [2.24, 2.45) is 0 Å². The number of halogens is 1. The highest BCUT2D eigenvalue weighted by atomic mass is 19.1. The van der Waals surface area contributed by atoms with E-state index in [4.69, 9.17) is 11.0 Å². The van der Waals surface area contributed by atoms with Gasteiger partial charge in [-0.1, -0.05) is 6.07 Å². The van der Waals surface area contributed by atoms with Crippen LogP contribution >= 0.6 is 0 Å². The molecule has 0 unspecified atom stereocenters. The molecule has 0 saturated carbocycles. The van der Waals surface area contributed by atoms with Crippen molar-refractivity contribution in [3.05, 3.63) is 47.3 Å². The molecule has 5 nitrogen and oxygen atoms in total. The van der Waals surface area contributed by atoms with E-state index in [1.54, 1.807) is 18.2 Å². The molecule has 0 aromatic heterocycles. The first kappa shape index (κ1) is 12.9. The lowest BCUT2D eigenvalue weighted by Gasteiger charge is -2.12. The van der Waals surface area contributed by atoms with Gasteiger partial charge in [0.05, 0.1) is 23.5 Å². The fourth-order valence-corrected chi connectivity index (χ4v) is 2.29. The molecular weight excluding hydrogens is 271 g/mol. The maximum absolute atomic E-state index is 13.6. The van der Waals surface area contributed by atoms with Crippen molar-refractivity contribution in [2.45, 2.75) is 6.42 Å². The highest BCUT2D eigenvalue weighted by Gasteiger charge is 2.19. The van der Waals surface area contributed by atoms with Crippen molar-refractivity contribution in [1.82, 2.24) is 0 Å². The molecule has 0 fully saturated rings. The third-order valence-electron chi connectivity index (χ3n) is 3.30. The Morgan fingerprint density at radius 3 is 2.90 bits per heavy atom. The Hall–Kier alpha value is -3.07. The van der Waals surface area contributed by atoms with Gasteiger partial charge in [0.2, 0.25) is 5.91 Å². The fraction of sp³-hybridized carbons (Fsp3) is 0.0667. The average molecular weight is 282 g/mol. The minimum absolute atomic E-state index is 0.0820. The van der Waals surface area contributed by atoms with Crippen LogP contribution in [0.5, 0.6) is 0 Å². The number of benzene rings is 2. The van der Waals surface area contributed by atoms with Crippen molar-refractivity contribution < 1.29 is 9.18 Å². The van der Waals surface area contributed by atoms with Crippen LogP contribution in [0, 0.1) is 17.1 Å². The Morgan fingerprint density at radius 2 is 2.14 bits per heavy atom. The van der Waals surface area contributed by atoms with E-state index in [1.807, 2.05) is 6.07 Å². The second kappa shape index (κ2) is 4.80. The Kier molecular flexibility index (Phi) is 2.95. The molecule has 0 atom stereocenters.